The first-order valence-corrected chi connectivity index (χ1v) is 10.6. The molecule has 0 bridgehead atoms. The van der Waals surface area contributed by atoms with Crippen LogP contribution in [0.5, 0.6) is 0 Å². The van der Waals surface area contributed by atoms with Crippen molar-refractivity contribution in [3.05, 3.63) is 95.6 Å². The Morgan fingerprint density at radius 1 is 0.939 bits per heavy atom. The molecule has 33 heavy (non-hydrogen) atoms. The fourth-order valence-electron chi connectivity index (χ4n) is 4.24. The van der Waals surface area contributed by atoms with Crippen molar-refractivity contribution in [2.24, 2.45) is 0 Å². The van der Waals surface area contributed by atoms with E-state index >= 15 is 0 Å². The molecular weight excluding hydrogens is 440 g/mol. The summed E-state index contributed by atoms with van der Waals surface area (Å²) in [6.07, 6.45) is -0.729. The molecule has 1 aliphatic rings. The van der Waals surface area contributed by atoms with Crippen LogP contribution in [0.4, 0.5) is 4.79 Å². The lowest BCUT2D eigenvalue weighted by molar-refractivity contribution is -0.139. The lowest BCUT2D eigenvalue weighted by atomic mass is 9.98. The normalized spacial score (nSPS) is 12.9. The number of nitrogens with one attached hydrogen (secondary N) is 1. The smallest absolute Gasteiger partial charge is 0.407 e. The van der Waals surface area contributed by atoms with Gasteiger partial charge in [-0.15, -0.1) is 12.4 Å². The molecule has 0 spiro atoms. The Hall–Kier alpha value is -3.35. The number of fused-ring (bicyclic) bond motifs is 3. The third-order valence-electron chi connectivity index (χ3n) is 5.72. The number of amides is 1. The maximum Gasteiger partial charge on any atom is 0.407 e. The maximum absolute atomic E-state index is 12.5. The largest absolute Gasteiger partial charge is 0.480 e. The molecule has 1 atom stereocenters. The number of carboxylic acids is 1. The average molecular weight is 467 g/mol. The van der Waals surface area contributed by atoms with Crippen molar-refractivity contribution in [2.45, 2.75) is 18.5 Å². The van der Waals surface area contributed by atoms with E-state index in [0.717, 1.165) is 27.8 Å². The molecular formula is C26H27ClN2O4. The van der Waals surface area contributed by atoms with Crippen molar-refractivity contribution in [1.82, 2.24) is 10.2 Å². The minimum Gasteiger partial charge on any atom is -0.480 e. The lowest BCUT2D eigenvalue weighted by Crippen LogP contribution is -2.47. The quantitative estimate of drug-likeness (QED) is 0.510. The van der Waals surface area contributed by atoms with Gasteiger partial charge in [0.1, 0.15) is 12.6 Å². The summed E-state index contributed by atoms with van der Waals surface area (Å²) in [5.41, 5.74) is 5.57. The van der Waals surface area contributed by atoms with Gasteiger partial charge in [0.25, 0.3) is 0 Å². The molecule has 0 aromatic heterocycles. The van der Waals surface area contributed by atoms with E-state index in [1.165, 1.54) is 0 Å². The predicted molar refractivity (Wildman–Crippen MR) is 130 cm³/mol. The molecule has 0 aliphatic heterocycles. The molecule has 0 heterocycles. The second-order valence-corrected chi connectivity index (χ2v) is 8.04. The zero-order valence-electron chi connectivity index (χ0n) is 18.3. The predicted octanol–water partition coefficient (Wildman–Crippen LogP) is 4.53. The summed E-state index contributed by atoms with van der Waals surface area (Å²) < 4.78 is 5.49. The van der Waals surface area contributed by atoms with Crippen molar-refractivity contribution < 1.29 is 19.4 Å². The third kappa shape index (κ3) is 5.72. The second kappa shape index (κ2) is 11.0. The monoisotopic (exact) mass is 466 g/mol. The van der Waals surface area contributed by atoms with Gasteiger partial charge in [-0.05, 0) is 34.9 Å². The summed E-state index contributed by atoms with van der Waals surface area (Å²) >= 11 is 0. The van der Waals surface area contributed by atoms with E-state index < -0.39 is 18.1 Å². The summed E-state index contributed by atoms with van der Waals surface area (Å²) in [6.45, 7) is 0.886. The number of halogens is 1. The van der Waals surface area contributed by atoms with Crippen LogP contribution >= 0.6 is 12.4 Å². The van der Waals surface area contributed by atoms with Gasteiger partial charge in [-0.2, -0.15) is 0 Å². The highest BCUT2D eigenvalue weighted by Gasteiger charge is 2.30. The highest BCUT2D eigenvalue weighted by molar-refractivity contribution is 5.85. The minimum atomic E-state index is -1.10. The summed E-state index contributed by atoms with van der Waals surface area (Å²) in [6, 6.07) is 24.8. The fourth-order valence-corrected chi connectivity index (χ4v) is 4.24. The summed E-state index contributed by atoms with van der Waals surface area (Å²) in [5, 5.41) is 12.1. The van der Waals surface area contributed by atoms with Crippen molar-refractivity contribution in [2.75, 3.05) is 20.2 Å². The van der Waals surface area contributed by atoms with Gasteiger partial charge >= 0.3 is 12.1 Å². The Labute approximate surface area is 199 Å². The van der Waals surface area contributed by atoms with E-state index in [-0.39, 0.29) is 31.5 Å². The minimum absolute atomic E-state index is 0. The van der Waals surface area contributed by atoms with Crippen LogP contribution < -0.4 is 5.32 Å². The second-order valence-electron chi connectivity index (χ2n) is 8.04. The van der Waals surface area contributed by atoms with Crippen LogP contribution in [0, 0.1) is 0 Å². The van der Waals surface area contributed by atoms with Gasteiger partial charge in [0.05, 0.1) is 0 Å². The van der Waals surface area contributed by atoms with Gasteiger partial charge in [-0.1, -0.05) is 78.9 Å². The number of hydrogen-bond acceptors (Lipinski definition) is 4. The van der Waals surface area contributed by atoms with Crippen molar-refractivity contribution >= 4 is 24.5 Å². The van der Waals surface area contributed by atoms with E-state index in [0.29, 0.717) is 6.54 Å². The number of carbonyl (C=O) groups excluding carboxylic acids is 1. The number of benzene rings is 3. The van der Waals surface area contributed by atoms with Gasteiger partial charge in [0, 0.05) is 19.0 Å². The Balaban J connectivity index is 0.00000306. The topological polar surface area (TPSA) is 78.9 Å². The number of hydrogen-bond donors (Lipinski definition) is 2. The molecule has 0 saturated heterocycles. The number of aliphatic carboxylic acids is 1. The van der Waals surface area contributed by atoms with Crippen molar-refractivity contribution in [1.29, 1.82) is 0 Å². The van der Waals surface area contributed by atoms with E-state index in [9.17, 15) is 14.7 Å². The highest BCUT2D eigenvalue weighted by Crippen LogP contribution is 2.44. The molecule has 3 aromatic carbocycles. The molecule has 6 nitrogen and oxygen atoms in total. The Kier molecular flexibility index (Phi) is 8.09. The van der Waals surface area contributed by atoms with Gasteiger partial charge < -0.3 is 15.2 Å². The van der Waals surface area contributed by atoms with Gasteiger partial charge in [-0.3, -0.25) is 4.90 Å². The zero-order chi connectivity index (χ0) is 22.5. The number of carbonyl (C=O) groups is 2. The summed E-state index contributed by atoms with van der Waals surface area (Å²) in [4.78, 5) is 26.0. The van der Waals surface area contributed by atoms with Crippen LogP contribution in [0.2, 0.25) is 0 Å². The van der Waals surface area contributed by atoms with Crippen LogP contribution in [0.15, 0.2) is 78.9 Å². The molecule has 1 aliphatic carbocycles. The van der Waals surface area contributed by atoms with Gasteiger partial charge in [-0.25, -0.2) is 9.59 Å². The van der Waals surface area contributed by atoms with E-state index in [4.69, 9.17) is 4.74 Å². The summed E-state index contributed by atoms with van der Waals surface area (Å²) in [7, 11) is 1.82. The molecule has 0 unspecified atom stereocenters. The third-order valence-corrected chi connectivity index (χ3v) is 5.72. The van der Waals surface area contributed by atoms with Crippen LogP contribution in [-0.4, -0.2) is 48.3 Å². The molecule has 3 aromatic rings. The highest BCUT2D eigenvalue weighted by atomic mass is 35.5. The number of ether oxygens (including phenoxy) is 1. The van der Waals surface area contributed by atoms with Crippen molar-refractivity contribution in [3.8, 4) is 11.1 Å². The Bertz CT molecular complexity index is 1060. The standard InChI is InChI=1S/C26H26N2O4.ClH/c1-28(15-18-9-3-2-4-10-18)16-24(25(29)30)27-26(31)32-17-23-21-13-7-5-11-19(21)20-12-6-8-14-22(20)23;/h2-14,23-24H,15-17H2,1H3,(H,27,31)(H,29,30);1H/t24-;/m0./s1. The zero-order valence-corrected chi connectivity index (χ0v) is 19.1. The van der Waals surface area contributed by atoms with Crippen LogP contribution in [-0.2, 0) is 16.1 Å². The first-order valence-electron chi connectivity index (χ1n) is 10.6. The van der Waals surface area contributed by atoms with Crippen LogP contribution in [0.1, 0.15) is 22.6 Å². The first kappa shape index (κ1) is 24.3. The van der Waals surface area contributed by atoms with E-state index in [1.807, 2.05) is 78.7 Å². The first-order chi connectivity index (χ1) is 15.5. The maximum atomic E-state index is 12.5. The SMILES string of the molecule is CN(Cc1ccccc1)C[C@H](NC(=O)OCC1c2ccccc2-c2ccccc21)C(=O)O.Cl. The van der Waals surface area contributed by atoms with Crippen LogP contribution in [0.25, 0.3) is 11.1 Å². The van der Waals surface area contributed by atoms with Gasteiger partial charge in [0.2, 0.25) is 0 Å². The van der Waals surface area contributed by atoms with Gasteiger partial charge in [0.15, 0.2) is 0 Å². The number of alkyl carbamates (subject to hydrolysis) is 1. The van der Waals surface area contributed by atoms with E-state index in [2.05, 4.69) is 17.4 Å². The molecule has 4 rings (SSSR count). The Morgan fingerprint density at radius 3 is 2.06 bits per heavy atom. The average Bonchev–Trinajstić information content (AvgIpc) is 3.11. The molecule has 0 fully saturated rings. The van der Waals surface area contributed by atoms with Crippen LogP contribution in [0.3, 0.4) is 0 Å². The van der Waals surface area contributed by atoms with E-state index in [1.54, 1.807) is 0 Å². The number of carboxylic acid groups (broad SMARTS) is 1. The molecule has 172 valence electrons. The molecule has 1 amide bonds. The molecule has 0 radical (unpaired) electrons. The summed E-state index contributed by atoms with van der Waals surface area (Å²) in [5.74, 6) is -1.17. The number of likely N-dealkylation sites (N-methyl/N-ethyl adjacent to an activating group) is 1. The molecule has 0 saturated carbocycles. The lowest BCUT2D eigenvalue weighted by Gasteiger charge is -2.22. The van der Waals surface area contributed by atoms with Crippen molar-refractivity contribution in [3.63, 3.8) is 0 Å². The molecule has 2 N–H and O–H groups in total. The number of rotatable bonds is 8. The fraction of sp³-hybridized carbons (Fsp3) is 0.231. The molecule has 7 heteroatoms. The Morgan fingerprint density at radius 2 is 1.48 bits per heavy atom. The number of nitrogens with zero attached hydrogens (tertiary/aromatic N) is 1.